The summed E-state index contributed by atoms with van der Waals surface area (Å²) in [7, 11) is 0. The fourth-order valence-electron chi connectivity index (χ4n) is 14.9. The largest absolute Gasteiger partial charge is 0.394 e. The minimum absolute atomic E-state index is 0.0360. The fourth-order valence-corrected chi connectivity index (χ4v) is 14.9. The van der Waals surface area contributed by atoms with E-state index in [0.29, 0.717) is 38.5 Å². The van der Waals surface area contributed by atoms with E-state index < -0.39 is 183 Å². The zero-order chi connectivity index (χ0) is 54.6. The quantitative estimate of drug-likeness (QED) is 0.0743. The van der Waals surface area contributed by atoms with Gasteiger partial charge in [0.05, 0.1) is 49.8 Å². The average molecular weight is 1080 g/mol. The first-order valence-corrected chi connectivity index (χ1v) is 26.9. The van der Waals surface area contributed by atoms with E-state index in [2.05, 4.69) is 19.9 Å². The lowest BCUT2D eigenvalue weighted by Gasteiger charge is -2.59. The zero-order valence-electron chi connectivity index (χ0n) is 43.5. The number of hydrogen-bond acceptors (Lipinski definition) is 24. The molecule has 9 rings (SSSR count). The van der Waals surface area contributed by atoms with Gasteiger partial charge in [0.1, 0.15) is 91.1 Å². The van der Waals surface area contributed by atoms with Gasteiger partial charge in [-0.25, -0.2) is 0 Å². The molecule has 75 heavy (non-hydrogen) atoms. The van der Waals surface area contributed by atoms with Gasteiger partial charge in [-0.2, -0.15) is 0 Å². The van der Waals surface area contributed by atoms with Gasteiger partial charge in [0.25, 0.3) is 0 Å². The molecule has 432 valence electrons. The summed E-state index contributed by atoms with van der Waals surface area (Å²) >= 11 is 0. The van der Waals surface area contributed by atoms with Crippen LogP contribution in [0.5, 0.6) is 0 Å². The minimum atomic E-state index is -1.81. The summed E-state index contributed by atoms with van der Waals surface area (Å²) in [4.78, 5) is 0. The van der Waals surface area contributed by atoms with Gasteiger partial charge in [0.2, 0.25) is 0 Å². The molecular formula is C51H84O24. The monoisotopic (exact) mass is 1080 g/mol. The number of aliphatic hydroxyl groups excluding tert-OH is 12. The van der Waals surface area contributed by atoms with Crippen molar-refractivity contribution in [2.45, 2.75) is 251 Å². The van der Waals surface area contributed by atoms with Gasteiger partial charge in [0.15, 0.2) is 30.9 Å². The van der Waals surface area contributed by atoms with Crippen molar-refractivity contribution < 1.29 is 119 Å². The lowest BCUT2D eigenvalue weighted by atomic mass is 9.46. The van der Waals surface area contributed by atoms with Crippen LogP contribution < -0.4 is 0 Å². The third kappa shape index (κ3) is 10.0. The van der Waals surface area contributed by atoms with E-state index in [4.69, 9.17) is 42.6 Å². The first-order valence-electron chi connectivity index (χ1n) is 26.9. The third-order valence-electron chi connectivity index (χ3n) is 19.8. The second kappa shape index (κ2) is 21.6. The number of fused-ring (bicyclic) bond motifs is 7. The van der Waals surface area contributed by atoms with Crippen molar-refractivity contribution in [2.75, 3.05) is 19.8 Å². The molecule has 24 nitrogen and oxygen atoms in total. The third-order valence-corrected chi connectivity index (χ3v) is 19.8. The number of rotatable bonds is 14. The van der Waals surface area contributed by atoms with Crippen molar-refractivity contribution in [3.63, 3.8) is 0 Å². The summed E-state index contributed by atoms with van der Waals surface area (Å²) in [6.07, 6.45) is -24.7. The van der Waals surface area contributed by atoms with Crippen LogP contribution in [0.1, 0.15) is 99.3 Å². The highest BCUT2D eigenvalue weighted by Crippen LogP contribution is 2.71. The molecule has 0 radical (unpaired) electrons. The fraction of sp³-hybridized carbons (Fsp3) is 0.961. The number of allylic oxidation sites excluding steroid dienone is 1. The van der Waals surface area contributed by atoms with E-state index >= 15 is 0 Å². The van der Waals surface area contributed by atoms with Gasteiger partial charge in [-0.1, -0.05) is 32.4 Å². The van der Waals surface area contributed by atoms with Gasteiger partial charge in [-0.05, 0) is 95.3 Å². The van der Waals surface area contributed by atoms with Crippen molar-refractivity contribution in [3.8, 4) is 0 Å². The molecule has 0 aromatic heterocycles. The predicted molar refractivity (Wildman–Crippen MR) is 252 cm³/mol. The molecule has 15 N–H and O–H groups in total. The van der Waals surface area contributed by atoms with E-state index in [0.717, 1.165) is 6.42 Å². The van der Waals surface area contributed by atoms with Crippen molar-refractivity contribution in [3.05, 3.63) is 11.6 Å². The van der Waals surface area contributed by atoms with E-state index in [-0.39, 0.29) is 36.0 Å². The molecule has 0 unspecified atom stereocenters. The van der Waals surface area contributed by atoms with Crippen molar-refractivity contribution in [1.29, 1.82) is 0 Å². The summed E-state index contributed by atoms with van der Waals surface area (Å²) in [5.41, 5.74) is -2.74. The molecule has 0 aromatic carbocycles. The van der Waals surface area contributed by atoms with Crippen LogP contribution in [0.4, 0.5) is 0 Å². The summed E-state index contributed by atoms with van der Waals surface area (Å²) in [5, 5.41) is 163. The van der Waals surface area contributed by atoms with Gasteiger partial charge in [-0.15, -0.1) is 0 Å². The van der Waals surface area contributed by atoms with Crippen LogP contribution in [0, 0.1) is 34.5 Å². The predicted octanol–water partition coefficient (Wildman–Crippen LogP) is -3.75. The molecule has 5 saturated heterocycles. The Bertz CT molecular complexity index is 2000. The molecule has 5 heterocycles. The molecule has 3 saturated carbocycles. The molecule has 9 aliphatic rings. The van der Waals surface area contributed by atoms with Crippen molar-refractivity contribution in [2.24, 2.45) is 34.5 Å². The summed E-state index contributed by atoms with van der Waals surface area (Å²) in [5.74, 6) is -2.13. The van der Waals surface area contributed by atoms with Gasteiger partial charge in [-0.3, -0.25) is 0 Å². The maximum atomic E-state index is 12.9. The normalized spacial score (nSPS) is 55.8. The lowest BCUT2D eigenvalue weighted by molar-refractivity contribution is -0.388. The Morgan fingerprint density at radius 3 is 1.83 bits per heavy atom. The Hall–Kier alpha value is -1.22. The van der Waals surface area contributed by atoms with E-state index in [9.17, 15) is 76.6 Å². The van der Waals surface area contributed by atoms with Crippen LogP contribution in [0.15, 0.2) is 11.6 Å². The second-order valence-electron chi connectivity index (χ2n) is 24.2. The average Bonchev–Trinajstić information content (AvgIpc) is 3.73. The Morgan fingerprint density at radius 1 is 0.640 bits per heavy atom. The van der Waals surface area contributed by atoms with Crippen molar-refractivity contribution >= 4 is 0 Å². The van der Waals surface area contributed by atoms with E-state index in [1.54, 1.807) is 6.92 Å². The topological polar surface area (TPSA) is 387 Å². The van der Waals surface area contributed by atoms with E-state index in [1.807, 2.05) is 0 Å². The maximum Gasteiger partial charge on any atom is 0.187 e. The first kappa shape index (κ1) is 58.4. The minimum Gasteiger partial charge on any atom is -0.394 e. The van der Waals surface area contributed by atoms with Crippen LogP contribution in [0.3, 0.4) is 0 Å². The molecular weight excluding hydrogens is 997 g/mol. The molecule has 8 fully saturated rings. The second-order valence-corrected chi connectivity index (χ2v) is 24.2. The molecule has 0 aromatic rings. The van der Waals surface area contributed by atoms with Crippen LogP contribution in [0.2, 0.25) is 0 Å². The molecule has 4 aliphatic carbocycles. The van der Waals surface area contributed by atoms with Crippen LogP contribution in [-0.2, 0) is 42.6 Å². The first-order chi connectivity index (χ1) is 35.1. The number of hydrogen-bond donors (Lipinski definition) is 15. The van der Waals surface area contributed by atoms with E-state index in [1.165, 1.54) is 26.3 Å². The van der Waals surface area contributed by atoms with Gasteiger partial charge in [0, 0.05) is 17.8 Å². The molecule has 24 heteroatoms. The highest BCUT2D eigenvalue weighted by molar-refractivity contribution is 5.29. The Balaban J connectivity index is 0.864. The van der Waals surface area contributed by atoms with Crippen LogP contribution in [0.25, 0.3) is 0 Å². The van der Waals surface area contributed by atoms with Crippen LogP contribution >= 0.6 is 0 Å². The molecule has 0 amide bonds. The molecule has 5 aliphatic heterocycles. The smallest absolute Gasteiger partial charge is 0.187 e. The SMILES string of the molecule is C[C@@H]1O[C@@H](O[C@H]2[C@H](O[C@H]3CC[C@@]4(C)C(=CC[C@@H]5[C@@H]4CC[C@@]4(C)[C@H]5C[C@@H]5O[C@](O)(CC[C@@](C)(O)CO[C@H]6O[C@@H](CO)[C@H](O)[C@@H](O)[C@@H]6O)[C@@H](C)[C@@]54O)C3)O[C@H](CO)[C@@H](O[C@@H]3O[C@@H](C)[C@H](O)[C@@H](O)[C@H]3O)[C@@H]2O)[C@H](O)[C@H](O)[C@H]1O. The maximum absolute atomic E-state index is 12.9. The molecule has 0 spiro atoms. The molecule has 31 atom stereocenters. The lowest BCUT2D eigenvalue weighted by Crippen LogP contribution is -2.66. The van der Waals surface area contributed by atoms with Gasteiger partial charge < -0.3 is 119 Å². The Kier molecular flexibility index (Phi) is 16.8. The summed E-state index contributed by atoms with van der Waals surface area (Å²) in [6, 6.07) is 0. The Morgan fingerprint density at radius 2 is 1.21 bits per heavy atom. The van der Waals surface area contributed by atoms with Gasteiger partial charge >= 0.3 is 0 Å². The Labute approximate surface area is 435 Å². The summed E-state index contributed by atoms with van der Waals surface area (Å²) < 4.78 is 54.0. The van der Waals surface area contributed by atoms with Crippen molar-refractivity contribution in [1.82, 2.24) is 0 Å². The number of ether oxygens (including phenoxy) is 9. The zero-order valence-corrected chi connectivity index (χ0v) is 43.5. The highest BCUT2D eigenvalue weighted by Gasteiger charge is 2.75. The summed E-state index contributed by atoms with van der Waals surface area (Å²) in [6.45, 7) is 8.79. The standard InChI is InChI=1S/C51H84O24/c1-20-31(54)34(57)38(61)44(68-20)73-41-29(18-53)72-46(42(40(41)63)74-45-39(62)35(58)32(55)21(2)69-45)70-24-9-11-48(5)23(15-24)7-8-25-26(48)10-12-49(6)27(25)16-30-51(49,66)22(3)50(65,75-30)14-13-47(4,64)19-67-43-37(60)36(59)33(56)28(17-52)71-43/h7,20-22,24-46,52-66H,8-19H2,1-6H3/t20-,21-,22+,24-,25+,26-,27-,28-,29+,30-,31-,32-,33-,34+,35+,36+,37-,38+,39+,40-,41+,42+,43-,44-,45-,46+,47+,48-,49-,50+,51+/m0/s1. The molecule has 0 bridgehead atoms. The van der Waals surface area contributed by atoms with Crippen LogP contribution in [-0.4, -0.2) is 248 Å². The number of aliphatic hydroxyl groups is 15. The highest BCUT2D eigenvalue weighted by atomic mass is 16.8.